The summed E-state index contributed by atoms with van der Waals surface area (Å²) >= 11 is 0. The molecule has 98 valence electrons. The van der Waals surface area contributed by atoms with Gasteiger partial charge in [0.25, 0.3) is 0 Å². The molecular weight excluding hydrogens is 216 g/mol. The average Bonchev–Trinajstić information content (AvgIpc) is 3.10. The molecule has 3 nitrogen and oxygen atoms in total. The van der Waals surface area contributed by atoms with E-state index in [0.29, 0.717) is 5.92 Å². The highest BCUT2D eigenvalue weighted by Gasteiger charge is 2.36. The van der Waals surface area contributed by atoms with Crippen LogP contribution in [0.3, 0.4) is 0 Å². The molecule has 17 heavy (non-hydrogen) atoms. The van der Waals surface area contributed by atoms with Crippen LogP contribution in [0.4, 0.5) is 0 Å². The fourth-order valence-corrected chi connectivity index (χ4v) is 2.89. The second-order valence-electron chi connectivity index (χ2n) is 5.73. The molecule has 0 saturated heterocycles. The van der Waals surface area contributed by atoms with Crippen LogP contribution in [0, 0.1) is 17.8 Å². The van der Waals surface area contributed by atoms with E-state index in [2.05, 4.69) is 6.92 Å². The lowest BCUT2D eigenvalue weighted by molar-refractivity contribution is -0.151. The molecule has 0 heterocycles. The van der Waals surface area contributed by atoms with Crippen LogP contribution in [-0.2, 0) is 9.53 Å². The van der Waals surface area contributed by atoms with Crippen LogP contribution in [0.25, 0.3) is 0 Å². The predicted molar refractivity (Wildman–Crippen MR) is 65.8 cm³/mol. The molecule has 3 heteroatoms. The van der Waals surface area contributed by atoms with Crippen LogP contribution in [0.15, 0.2) is 0 Å². The topological polar surface area (TPSA) is 46.5 Å². The lowest BCUT2D eigenvalue weighted by Gasteiger charge is -2.33. The Hall–Kier alpha value is -0.570. The zero-order valence-corrected chi connectivity index (χ0v) is 10.7. The molecule has 3 unspecified atom stereocenters. The van der Waals surface area contributed by atoms with Crippen LogP contribution in [0.5, 0.6) is 0 Å². The van der Waals surface area contributed by atoms with Crippen molar-refractivity contribution in [2.45, 2.75) is 58.0 Å². The first-order chi connectivity index (χ1) is 8.20. The van der Waals surface area contributed by atoms with Crippen LogP contribution in [0.1, 0.15) is 51.9 Å². The molecule has 0 aromatic carbocycles. The van der Waals surface area contributed by atoms with E-state index < -0.39 is 5.97 Å². The summed E-state index contributed by atoms with van der Waals surface area (Å²) in [5.74, 6) is 0.471. The normalized spacial score (nSPS) is 33.6. The molecule has 0 amide bonds. The summed E-state index contributed by atoms with van der Waals surface area (Å²) in [5.41, 5.74) is 0. The number of hydrogen-bond donors (Lipinski definition) is 1. The number of ether oxygens (including phenoxy) is 1. The molecule has 1 N–H and O–H groups in total. The van der Waals surface area contributed by atoms with Gasteiger partial charge in [0, 0.05) is 6.61 Å². The molecule has 0 spiro atoms. The Morgan fingerprint density at radius 1 is 1.24 bits per heavy atom. The monoisotopic (exact) mass is 240 g/mol. The molecule has 2 fully saturated rings. The summed E-state index contributed by atoms with van der Waals surface area (Å²) in [6.07, 6.45) is 7.73. The van der Waals surface area contributed by atoms with Crippen LogP contribution in [0.2, 0.25) is 0 Å². The SMILES string of the molecule is CCCC1CCC(C(=O)O)C(OCC2CC2)C1. The number of carboxylic acids is 1. The van der Waals surface area contributed by atoms with Gasteiger partial charge in [-0.2, -0.15) is 0 Å². The van der Waals surface area contributed by atoms with E-state index in [0.717, 1.165) is 31.8 Å². The van der Waals surface area contributed by atoms with Gasteiger partial charge in [-0.15, -0.1) is 0 Å². The molecule has 2 rings (SSSR count). The molecule has 0 radical (unpaired) electrons. The Labute approximate surface area is 104 Å². The predicted octanol–water partition coefficient (Wildman–Crippen LogP) is 3.08. The quantitative estimate of drug-likeness (QED) is 0.776. The third-order valence-corrected chi connectivity index (χ3v) is 4.16. The Bertz CT molecular complexity index is 260. The van der Waals surface area contributed by atoms with Gasteiger partial charge in [-0.25, -0.2) is 0 Å². The summed E-state index contributed by atoms with van der Waals surface area (Å²) in [6.45, 7) is 2.98. The molecule has 0 aromatic heterocycles. The van der Waals surface area contributed by atoms with E-state index in [1.165, 1.54) is 25.7 Å². The Morgan fingerprint density at radius 2 is 1.94 bits per heavy atom. The van der Waals surface area contributed by atoms with Crippen molar-refractivity contribution in [3.63, 3.8) is 0 Å². The lowest BCUT2D eigenvalue weighted by atomic mass is 9.78. The van der Waals surface area contributed by atoms with E-state index in [1.807, 2.05) is 0 Å². The molecule has 2 saturated carbocycles. The van der Waals surface area contributed by atoms with Gasteiger partial charge in [-0.1, -0.05) is 19.8 Å². The van der Waals surface area contributed by atoms with E-state index in [1.54, 1.807) is 0 Å². The van der Waals surface area contributed by atoms with Crippen LogP contribution >= 0.6 is 0 Å². The minimum Gasteiger partial charge on any atom is -0.481 e. The van der Waals surface area contributed by atoms with Gasteiger partial charge >= 0.3 is 5.97 Å². The first kappa shape index (κ1) is 12.9. The summed E-state index contributed by atoms with van der Waals surface area (Å²) in [4.78, 5) is 11.2. The third-order valence-electron chi connectivity index (χ3n) is 4.16. The van der Waals surface area contributed by atoms with Crippen molar-refractivity contribution in [1.82, 2.24) is 0 Å². The standard InChI is InChI=1S/C14H24O3/c1-2-3-10-6-7-12(14(15)16)13(8-10)17-9-11-4-5-11/h10-13H,2-9H2,1H3,(H,15,16). The van der Waals surface area contributed by atoms with Crippen molar-refractivity contribution < 1.29 is 14.6 Å². The average molecular weight is 240 g/mol. The fraction of sp³-hybridized carbons (Fsp3) is 0.929. The van der Waals surface area contributed by atoms with Crippen LogP contribution in [-0.4, -0.2) is 23.8 Å². The largest absolute Gasteiger partial charge is 0.481 e. The minimum absolute atomic E-state index is 0.0293. The first-order valence-corrected chi connectivity index (χ1v) is 7.05. The Morgan fingerprint density at radius 3 is 2.53 bits per heavy atom. The summed E-state index contributed by atoms with van der Waals surface area (Å²) in [7, 11) is 0. The highest BCUT2D eigenvalue weighted by Crippen LogP contribution is 2.36. The smallest absolute Gasteiger partial charge is 0.309 e. The highest BCUT2D eigenvalue weighted by molar-refractivity contribution is 5.70. The summed E-state index contributed by atoms with van der Waals surface area (Å²) < 4.78 is 5.88. The van der Waals surface area contributed by atoms with Crippen molar-refractivity contribution in [2.24, 2.45) is 17.8 Å². The molecule has 0 aromatic rings. The first-order valence-electron chi connectivity index (χ1n) is 7.05. The van der Waals surface area contributed by atoms with E-state index in [4.69, 9.17) is 4.74 Å². The number of carboxylic acid groups (broad SMARTS) is 1. The maximum Gasteiger partial charge on any atom is 0.309 e. The molecule has 2 aliphatic rings. The summed E-state index contributed by atoms with van der Waals surface area (Å²) in [5, 5.41) is 9.23. The van der Waals surface area contributed by atoms with E-state index >= 15 is 0 Å². The maximum atomic E-state index is 11.2. The lowest BCUT2D eigenvalue weighted by Crippen LogP contribution is -2.37. The van der Waals surface area contributed by atoms with Gasteiger partial charge in [-0.3, -0.25) is 4.79 Å². The van der Waals surface area contributed by atoms with Crippen molar-refractivity contribution in [1.29, 1.82) is 0 Å². The summed E-state index contributed by atoms with van der Waals surface area (Å²) in [6, 6.07) is 0. The molecule has 0 aliphatic heterocycles. The zero-order valence-electron chi connectivity index (χ0n) is 10.7. The van der Waals surface area contributed by atoms with Crippen molar-refractivity contribution in [2.75, 3.05) is 6.61 Å². The third kappa shape index (κ3) is 3.70. The molecular formula is C14H24O3. The number of aliphatic carboxylic acids is 1. The van der Waals surface area contributed by atoms with Gasteiger partial charge in [0.05, 0.1) is 12.0 Å². The Kier molecular flexibility index (Phi) is 4.43. The van der Waals surface area contributed by atoms with E-state index in [9.17, 15) is 9.90 Å². The molecule has 3 atom stereocenters. The van der Waals surface area contributed by atoms with Crippen LogP contribution < -0.4 is 0 Å². The van der Waals surface area contributed by atoms with Gasteiger partial charge in [0.2, 0.25) is 0 Å². The van der Waals surface area contributed by atoms with Gasteiger partial charge in [0.15, 0.2) is 0 Å². The van der Waals surface area contributed by atoms with E-state index in [-0.39, 0.29) is 12.0 Å². The van der Waals surface area contributed by atoms with Crippen molar-refractivity contribution >= 4 is 5.97 Å². The fourth-order valence-electron chi connectivity index (χ4n) is 2.89. The van der Waals surface area contributed by atoms with Gasteiger partial charge in [-0.05, 0) is 43.9 Å². The second-order valence-corrected chi connectivity index (χ2v) is 5.73. The van der Waals surface area contributed by atoms with Gasteiger partial charge in [0.1, 0.15) is 0 Å². The highest BCUT2D eigenvalue weighted by atomic mass is 16.5. The molecule has 0 bridgehead atoms. The van der Waals surface area contributed by atoms with Crippen molar-refractivity contribution in [3.05, 3.63) is 0 Å². The van der Waals surface area contributed by atoms with Crippen molar-refractivity contribution in [3.8, 4) is 0 Å². The number of rotatable bonds is 6. The number of hydrogen-bond acceptors (Lipinski definition) is 2. The second kappa shape index (κ2) is 5.85. The number of carbonyl (C=O) groups is 1. The maximum absolute atomic E-state index is 11.2. The zero-order chi connectivity index (χ0) is 12.3. The molecule has 2 aliphatic carbocycles. The Balaban J connectivity index is 1.86. The minimum atomic E-state index is -0.666. The van der Waals surface area contributed by atoms with Gasteiger partial charge < -0.3 is 9.84 Å².